The molecule has 0 aliphatic carbocycles. The minimum absolute atomic E-state index is 0.0514. The number of hydrazine groups is 1. The lowest BCUT2D eigenvalue weighted by Crippen LogP contribution is -2.36. The van der Waals surface area contributed by atoms with E-state index in [0.717, 1.165) is 18.8 Å². The molecule has 17 heavy (non-hydrogen) atoms. The molecule has 1 aliphatic rings. The maximum atomic E-state index is 13.7. The van der Waals surface area contributed by atoms with Crippen LogP contribution in [-0.4, -0.2) is 32.2 Å². The summed E-state index contributed by atoms with van der Waals surface area (Å²) in [5.74, 6) is 3.76. The first-order valence-electron chi connectivity index (χ1n) is 5.35. The van der Waals surface area contributed by atoms with Crippen LogP contribution in [0, 0.1) is 5.82 Å². The molecule has 6 heteroatoms. The lowest BCUT2D eigenvalue weighted by Gasteiger charge is -2.29. The Morgan fingerprint density at radius 3 is 2.71 bits per heavy atom. The molecule has 3 N–H and O–H groups in total. The number of nitrogens with one attached hydrogen (secondary N) is 1. The molecule has 0 radical (unpaired) electrons. The molecule has 5 nitrogen and oxygen atoms in total. The molecule has 1 fully saturated rings. The number of carbonyl (C=O) groups excluding carboxylic acids is 1. The van der Waals surface area contributed by atoms with Gasteiger partial charge in [-0.3, -0.25) is 10.2 Å². The third kappa shape index (κ3) is 2.54. The number of nitrogens with two attached hydrogens (primary N) is 1. The van der Waals surface area contributed by atoms with Crippen molar-refractivity contribution in [1.82, 2.24) is 5.43 Å². The van der Waals surface area contributed by atoms with Crippen molar-refractivity contribution in [1.29, 1.82) is 0 Å². The molecule has 1 amide bonds. The summed E-state index contributed by atoms with van der Waals surface area (Å²) >= 11 is 0. The minimum Gasteiger partial charge on any atom is -0.378 e. The number of halogens is 1. The molecule has 1 aromatic carbocycles. The highest BCUT2D eigenvalue weighted by molar-refractivity contribution is 5.94. The number of amides is 1. The number of anilines is 1. The van der Waals surface area contributed by atoms with Gasteiger partial charge in [0.1, 0.15) is 5.82 Å². The van der Waals surface area contributed by atoms with Gasteiger partial charge in [0.05, 0.1) is 18.8 Å². The quantitative estimate of drug-likeness (QED) is 0.441. The molecule has 0 unspecified atom stereocenters. The fraction of sp³-hybridized carbons (Fsp3) is 0.364. The van der Waals surface area contributed by atoms with Gasteiger partial charge in [0.15, 0.2) is 0 Å². The second-order valence-electron chi connectivity index (χ2n) is 3.74. The van der Waals surface area contributed by atoms with E-state index in [-0.39, 0.29) is 5.56 Å². The molecule has 0 bridgehead atoms. The number of benzene rings is 1. The second-order valence-corrected chi connectivity index (χ2v) is 3.74. The van der Waals surface area contributed by atoms with E-state index in [4.69, 9.17) is 10.6 Å². The number of ether oxygens (including phenoxy) is 1. The van der Waals surface area contributed by atoms with Gasteiger partial charge >= 0.3 is 0 Å². The van der Waals surface area contributed by atoms with Crippen LogP contribution >= 0.6 is 0 Å². The largest absolute Gasteiger partial charge is 0.378 e. The van der Waals surface area contributed by atoms with Gasteiger partial charge < -0.3 is 9.64 Å². The number of nitrogens with zero attached hydrogens (tertiary/aromatic N) is 1. The molecule has 2 rings (SSSR count). The summed E-state index contributed by atoms with van der Waals surface area (Å²) < 4.78 is 18.9. The zero-order valence-corrected chi connectivity index (χ0v) is 9.28. The third-order valence-corrected chi connectivity index (χ3v) is 2.70. The van der Waals surface area contributed by atoms with Crippen molar-refractivity contribution in [2.24, 2.45) is 5.84 Å². The van der Waals surface area contributed by atoms with Crippen molar-refractivity contribution < 1.29 is 13.9 Å². The van der Waals surface area contributed by atoms with Gasteiger partial charge in [-0.05, 0) is 18.2 Å². The van der Waals surface area contributed by atoms with Gasteiger partial charge in [-0.2, -0.15) is 0 Å². The Bertz CT molecular complexity index is 419. The molecule has 0 aromatic heterocycles. The third-order valence-electron chi connectivity index (χ3n) is 2.70. The molecule has 1 saturated heterocycles. The van der Waals surface area contributed by atoms with Crippen molar-refractivity contribution in [3.63, 3.8) is 0 Å². The van der Waals surface area contributed by atoms with E-state index >= 15 is 0 Å². The van der Waals surface area contributed by atoms with E-state index in [1.165, 1.54) is 12.1 Å². The van der Waals surface area contributed by atoms with E-state index in [9.17, 15) is 9.18 Å². The number of rotatable bonds is 2. The topological polar surface area (TPSA) is 67.6 Å². The van der Waals surface area contributed by atoms with Gasteiger partial charge in [-0.15, -0.1) is 0 Å². The van der Waals surface area contributed by atoms with Crippen LogP contribution in [0.1, 0.15) is 10.4 Å². The smallest absolute Gasteiger partial charge is 0.268 e. The molecule has 0 spiro atoms. The van der Waals surface area contributed by atoms with E-state index in [2.05, 4.69) is 0 Å². The van der Waals surface area contributed by atoms with Crippen LogP contribution in [0.2, 0.25) is 0 Å². The summed E-state index contributed by atoms with van der Waals surface area (Å²) in [7, 11) is 0. The average molecular weight is 239 g/mol. The maximum absolute atomic E-state index is 13.7. The fourth-order valence-electron chi connectivity index (χ4n) is 1.78. The number of hydrogen-bond donors (Lipinski definition) is 2. The van der Waals surface area contributed by atoms with Crippen LogP contribution in [0.5, 0.6) is 0 Å². The second kappa shape index (κ2) is 5.11. The number of hydrogen-bond acceptors (Lipinski definition) is 4. The Morgan fingerprint density at radius 1 is 1.41 bits per heavy atom. The highest BCUT2D eigenvalue weighted by Crippen LogP contribution is 2.19. The normalized spacial score (nSPS) is 15.8. The summed E-state index contributed by atoms with van der Waals surface area (Å²) in [4.78, 5) is 13.2. The lowest BCUT2D eigenvalue weighted by atomic mass is 10.1. The standard InChI is InChI=1S/C11H14FN3O2/c12-10-7-8(15-3-5-17-6-4-15)1-2-9(10)11(16)14-13/h1-2,7H,3-6,13H2,(H,14,16). The van der Waals surface area contributed by atoms with Crippen molar-refractivity contribution in [3.8, 4) is 0 Å². The van der Waals surface area contributed by atoms with Gasteiger partial charge in [0.25, 0.3) is 5.91 Å². The summed E-state index contributed by atoms with van der Waals surface area (Å²) in [6.07, 6.45) is 0. The summed E-state index contributed by atoms with van der Waals surface area (Å²) in [6.45, 7) is 2.71. The van der Waals surface area contributed by atoms with Gasteiger partial charge in [-0.1, -0.05) is 0 Å². The first-order chi connectivity index (χ1) is 8.22. The molecular formula is C11H14FN3O2. The Hall–Kier alpha value is -1.66. The minimum atomic E-state index is -0.629. The van der Waals surface area contributed by atoms with Crippen molar-refractivity contribution in [3.05, 3.63) is 29.6 Å². The highest BCUT2D eigenvalue weighted by atomic mass is 19.1. The molecule has 1 aliphatic heterocycles. The van der Waals surface area contributed by atoms with Crippen LogP contribution in [0.3, 0.4) is 0 Å². The maximum Gasteiger partial charge on any atom is 0.268 e. The Morgan fingerprint density at radius 2 is 2.12 bits per heavy atom. The van der Waals surface area contributed by atoms with Crippen molar-refractivity contribution in [2.45, 2.75) is 0 Å². The highest BCUT2D eigenvalue weighted by Gasteiger charge is 2.15. The Balaban J connectivity index is 2.20. The zero-order chi connectivity index (χ0) is 12.3. The molecule has 92 valence electrons. The summed E-state index contributed by atoms with van der Waals surface area (Å²) in [5, 5.41) is 0. The summed E-state index contributed by atoms with van der Waals surface area (Å²) in [6, 6.07) is 4.48. The Labute approximate surface area is 98.3 Å². The van der Waals surface area contributed by atoms with Gasteiger partial charge in [0.2, 0.25) is 0 Å². The van der Waals surface area contributed by atoms with E-state index < -0.39 is 11.7 Å². The van der Waals surface area contributed by atoms with E-state index in [1.807, 2.05) is 10.3 Å². The molecule has 0 atom stereocenters. The average Bonchev–Trinajstić information content (AvgIpc) is 2.39. The van der Waals surface area contributed by atoms with Gasteiger partial charge in [0, 0.05) is 18.8 Å². The number of carbonyl (C=O) groups is 1. The first-order valence-corrected chi connectivity index (χ1v) is 5.35. The zero-order valence-electron chi connectivity index (χ0n) is 9.28. The van der Waals surface area contributed by atoms with E-state index in [0.29, 0.717) is 13.2 Å². The van der Waals surface area contributed by atoms with Crippen LogP contribution in [-0.2, 0) is 4.74 Å². The first kappa shape index (κ1) is 11.8. The predicted molar refractivity (Wildman–Crippen MR) is 61.1 cm³/mol. The molecule has 1 aromatic rings. The number of nitrogen functional groups attached to an aromatic ring is 1. The SMILES string of the molecule is NNC(=O)c1ccc(N2CCOCC2)cc1F. The van der Waals surface area contributed by atoms with Crippen LogP contribution in [0.15, 0.2) is 18.2 Å². The van der Waals surface area contributed by atoms with Gasteiger partial charge in [-0.25, -0.2) is 10.2 Å². The molecule has 0 saturated carbocycles. The number of morpholine rings is 1. The van der Waals surface area contributed by atoms with Crippen LogP contribution in [0.4, 0.5) is 10.1 Å². The summed E-state index contributed by atoms with van der Waals surface area (Å²) in [5.41, 5.74) is 2.61. The van der Waals surface area contributed by atoms with Crippen LogP contribution < -0.4 is 16.2 Å². The van der Waals surface area contributed by atoms with Crippen molar-refractivity contribution in [2.75, 3.05) is 31.2 Å². The van der Waals surface area contributed by atoms with E-state index in [1.54, 1.807) is 6.07 Å². The fourth-order valence-corrected chi connectivity index (χ4v) is 1.78. The molecular weight excluding hydrogens is 225 g/mol. The monoisotopic (exact) mass is 239 g/mol. The van der Waals surface area contributed by atoms with Crippen molar-refractivity contribution >= 4 is 11.6 Å². The Kier molecular flexibility index (Phi) is 3.55. The van der Waals surface area contributed by atoms with Crippen LogP contribution in [0.25, 0.3) is 0 Å². The molecule has 1 heterocycles. The predicted octanol–water partition coefficient (Wildman–Crippen LogP) is 0.266. The lowest BCUT2D eigenvalue weighted by molar-refractivity contribution is 0.0949.